The topological polar surface area (TPSA) is 96.9 Å². The van der Waals surface area contributed by atoms with Crippen molar-refractivity contribution in [1.82, 2.24) is 14.8 Å². The van der Waals surface area contributed by atoms with E-state index >= 15 is 0 Å². The molecular weight excluding hydrogens is 400 g/mol. The molecule has 2 aliphatic carbocycles. The Morgan fingerprint density at radius 3 is 2.84 bits per heavy atom. The molecule has 2 atom stereocenters. The summed E-state index contributed by atoms with van der Waals surface area (Å²) in [6.07, 6.45) is 15.6. The van der Waals surface area contributed by atoms with Crippen LogP contribution in [0.25, 0.3) is 11.9 Å². The van der Waals surface area contributed by atoms with Gasteiger partial charge >= 0.3 is 0 Å². The van der Waals surface area contributed by atoms with Crippen molar-refractivity contribution in [3.63, 3.8) is 0 Å². The number of nitrogens with two attached hydrogens (primary N) is 1. The lowest BCUT2D eigenvalue weighted by Crippen LogP contribution is -2.34. The van der Waals surface area contributed by atoms with Crippen LogP contribution in [0.2, 0.25) is 0 Å². The van der Waals surface area contributed by atoms with Gasteiger partial charge in [0, 0.05) is 17.2 Å². The Bertz CT molecular complexity index is 1060. The maximum atomic E-state index is 10.9. The molecule has 2 unspecified atom stereocenters. The molecule has 2 heterocycles. The van der Waals surface area contributed by atoms with Crippen molar-refractivity contribution >= 4 is 12.0 Å². The number of nitrogens with one attached hydrogen (secondary N) is 1. The minimum atomic E-state index is -0.382. The number of H-pyrrole nitrogens is 1. The van der Waals surface area contributed by atoms with Gasteiger partial charge in [-0.05, 0) is 68.9 Å². The van der Waals surface area contributed by atoms with Crippen molar-refractivity contribution in [1.29, 1.82) is 0 Å². The van der Waals surface area contributed by atoms with Gasteiger partial charge in [0.1, 0.15) is 5.82 Å². The van der Waals surface area contributed by atoms with Gasteiger partial charge in [-0.2, -0.15) is 5.10 Å². The molecule has 0 bridgehead atoms. The molecule has 1 fully saturated rings. The highest BCUT2D eigenvalue weighted by molar-refractivity contribution is 5.95. The number of allylic oxidation sites excluding steroid dienone is 3. The normalized spacial score (nSPS) is 22.4. The Labute approximate surface area is 190 Å². The van der Waals surface area contributed by atoms with E-state index in [4.69, 9.17) is 5.73 Å². The molecule has 4 N–H and O–H groups in total. The van der Waals surface area contributed by atoms with Crippen LogP contribution in [-0.4, -0.2) is 31.9 Å². The number of carbonyl (C=O) groups excluding carboxylic acids is 1. The first-order chi connectivity index (χ1) is 15.4. The molecule has 6 heteroatoms. The van der Waals surface area contributed by atoms with Gasteiger partial charge in [0.2, 0.25) is 5.91 Å². The second-order valence-electron chi connectivity index (χ2n) is 8.44. The first-order valence-electron chi connectivity index (χ1n) is 11.3. The quantitative estimate of drug-likeness (QED) is 0.457. The van der Waals surface area contributed by atoms with E-state index in [1.165, 1.54) is 16.8 Å². The fourth-order valence-electron chi connectivity index (χ4n) is 4.69. The van der Waals surface area contributed by atoms with E-state index in [2.05, 4.69) is 29.7 Å². The molecule has 2 aromatic rings. The number of carbonyl (C=O) groups is 1. The number of rotatable bonds is 6. The third kappa shape index (κ3) is 4.41. The number of hydrogen-bond donors (Lipinski definition) is 3. The van der Waals surface area contributed by atoms with Gasteiger partial charge in [-0.1, -0.05) is 43.7 Å². The fourth-order valence-corrected chi connectivity index (χ4v) is 4.69. The lowest BCUT2D eigenvalue weighted by Gasteiger charge is -2.36. The third-order valence-electron chi connectivity index (χ3n) is 6.76. The molecule has 0 radical (unpaired) electrons. The van der Waals surface area contributed by atoms with Crippen molar-refractivity contribution in [2.24, 2.45) is 11.1 Å². The summed E-state index contributed by atoms with van der Waals surface area (Å²) >= 11 is 0. The van der Waals surface area contributed by atoms with Crippen LogP contribution in [0.4, 0.5) is 0 Å². The van der Waals surface area contributed by atoms with Gasteiger partial charge in [0.15, 0.2) is 0 Å². The summed E-state index contributed by atoms with van der Waals surface area (Å²) in [5, 5.41) is 14.9. The lowest BCUT2D eigenvalue weighted by atomic mass is 9.70. The average molecular weight is 435 g/mol. The number of amides is 1. The monoisotopic (exact) mass is 434 g/mol. The highest BCUT2D eigenvalue weighted by atomic mass is 16.3. The van der Waals surface area contributed by atoms with Gasteiger partial charge < -0.3 is 15.8 Å². The van der Waals surface area contributed by atoms with E-state index in [0.29, 0.717) is 5.57 Å². The van der Waals surface area contributed by atoms with Crippen molar-refractivity contribution in [3.05, 3.63) is 77.3 Å². The fraction of sp³-hybridized carbons (Fsp3) is 0.385. The van der Waals surface area contributed by atoms with E-state index in [9.17, 15) is 9.90 Å². The molecule has 170 valence electrons. The van der Waals surface area contributed by atoms with Crippen LogP contribution in [0, 0.1) is 5.41 Å². The van der Waals surface area contributed by atoms with Gasteiger partial charge in [0.05, 0.1) is 18.0 Å². The maximum absolute atomic E-state index is 10.9. The van der Waals surface area contributed by atoms with Gasteiger partial charge in [-0.3, -0.25) is 4.79 Å². The predicted octanol–water partition coefficient (Wildman–Crippen LogP) is 4.63. The number of primary amides is 1. The van der Waals surface area contributed by atoms with Crippen LogP contribution < -0.4 is 5.73 Å². The summed E-state index contributed by atoms with van der Waals surface area (Å²) in [6, 6.07) is 4.01. The summed E-state index contributed by atoms with van der Waals surface area (Å²) < 4.78 is 1.96. The molecule has 2 aromatic heterocycles. The van der Waals surface area contributed by atoms with E-state index in [0.717, 1.165) is 43.5 Å². The molecule has 2 aliphatic rings. The summed E-state index contributed by atoms with van der Waals surface area (Å²) in [5.74, 6) is 0.609. The highest BCUT2D eigenvalue weighted by Crippen LogP contribution is 2.51. The SMILES string of the molecule is C=C/C=C\C(C(N)=O)=C(/C)CC.CCC12Cc3cnn(-c4ccc[nH]4)c3C=C1CCC2O. The van der Waals surface area contributed by atoms with Crippen LogP contribution in [0.1, 0.15) is 57.7 Å². The molecule has 0 aromatic carbocycles. The minimum absolute atomic E-state index is 0.0450. The predicted molar refractivity (Wildman–Crippen MR) is 129 cm³/mol. The van der Waals surface area contributed by atoms with Crippen LogP contribution in [0.15, 0.2) is 66.1 Å². The first kappa shape index (κ1) is 23.5. The molecule has 4 rings (SSSR count). The van der Waals surface area contributed by atoms with E-state index in [-0.39, 0.29) is 17.4 Å². The zero-order chi connectivity index (χ0) is 23.3. The van der Waals surface area contributed by atoms with Crippen molar-refractivity contribution in [2.75, 3.05) is 0 Å². The Hall–Kier alpha value is -3.12. The largest absolute Gasteiger partial charge is 0.392 e. The summed E-state index contributed by atoms with van der Waals surface area (Å²) in [4.78, 5) is 14.1. The zero-order valence-corrected chi connectivity index (χ0v) is 19.3. The maximum Gasteiger partial charge on any atom is 0.248 e. The smallest absolute Gasteiger partial charge is 0.248 e. The first-order valence-corrected chi connectivity index (χ1v) is 11.3. The minimum Gasteiger partial charge on any atom is -0.392 e. The third-order valence-corrected chi connectivity index (χ3v) is 6.76. The van der Waals surface area contributed by atoms with Gasteiger partial charge in [0.25, 0.3) is 0 Å². The van der Waals surface area contributed by atoms with Gasteiger partial charge in [-0.25, -0.2) is 4.68 Å². The number of aliphatic hydroxyl groups excluding tert-OH is 1. The second kappa shape index (κ2) is 10.0. The van der Waals surface area contributed by atoms with Gasteiger partial charge in [-0.15, -0.1) is 0 Å². The Morgan fingerprint density at radius 2 is 2.25 bits per heavy atom. The van der Waals surface area contributed by atoms with Crippen LogP contribution in [0.5, 0.6) is 0 Å². The molecule has 32 heavy (non-hydrogen) atoms. The second-order valence-corrected chi connectivity index (χ2v) is 8.44. The van der Waals surface area contributed by atoms with Crippen molar-refractivity contribution < 1.29 is 9.90 Å². The van der Waals surface area contributed by atoms with Crippen LogP contribution in [-0.2, 0) is 11.2 Å². The summed E-state index contributed by atoms with van der Waals surface area (Å²) in [7, 11) is 0. The molecule has 0 aliphatic heterocycles. The van der Waals surface area contributed by atoms with E-state index in [1.807, 2.05) is 43.1 Å². The lowest BCUT2D eigenvalue weighted by molar-refractivity contribution is -0.114. The zero-order valence-electron chi connectivity index (χ0n) is 19.3. The van der Waals surface area contributed by atoms with E-state index < -0.39 is 0 Å². The number of fused-ring (bicyclic) bond motifs is 2. The molecule has 0 spiro atoms. The highest BCUT2D eigenvalue weighted by Gasteiger charge is 2.47. The Morgan fingerprint density at radius 1 is 1.47 bits per heavy atom. The Kier molecular flexibility index (Phi) is 7.36. The number of aromatic nitrogens is 3. The average Bonchev–Trinajstić information content (AvgIpc) is 3.52. The number of nitrogens with zero attached hydrogens (tertiary/aromatic N) is 2. The molecule has 1 amide bonds. The molecular formula is C26H34N4O2. The number of aliphatic hydroxyl groups is 1. The van der Waals surface area contributed by atoms with Crippen LogP contribution >= 0.6 is 0 Å². The number of aromatic amines is 1. The van der Waals surface area contributed by atoms with E-state index in [1.54, 1.807) is 18.2 Å². The van der Waals surface area contributed by atoms with Crippen LogP contribution in [0.3, 0.4) is 0 Å². The van der Waals surface area contributed by atoms with Crippen molar-refractivity contribution in [3.8, 4) is 5.82 Å². The molecule has 6 nitrogen and oxygen atoms in total. The molecule has 0 saturated heterocycles. The summed E-state index contributed by atoms with van der Waals surface area (Å²) in [6.45, 7) is 9.58. The standard InChI is InChI=1S/C16H19N3O.C10H15NO/c1-2-16-9-11-10-18-19(15-4-3-7-17-15)13(11)8-12(16)5-6-14(16)20;1-4-6-7-9(10(11)12)8(3)5-2/h3-4,7-8,10,14,17,20H,2,5-6,9H2,1H3;4,6-7H,1,5H2,2-3H3,(H2,11,12)/b;7-6-,9-8-. The Balaban J connectivity index is 0.000000210. The molecule has 1 saturated carbocycles. The number of hydrogen-bond acceptors (Lipinski definition) is 3. The summed E-state index contributed by atoms with van der Waals surface area (Å²) in [5.41, 5.74) is 10.5. The van der Waals surface area contributed by atoms with Crippen molar-refractivity contribution in [2.45, 2.75) is 59.0 Å².